The van der Waals surface area contributed by atoms with Crippen LogP contribution in [0.5, 0.6) is 5.75 Å². The number of hydrogen-bond donors (Lipinski definition) is 1. The summed E-state index contributed by atoms with van der Waals surface area (Å²) in [7, 11) is -3.93. The van der Waals surface area contributed by atoms with Gasteiger partial charge in [-0.25, -0.2) is 12.7 Å². The van der Waals surface area contributed by atoms with Crippen LogP contribution in [0.2, 0.25) is 5.02 Å². The third-order valence-electron chi connectivity index (χ3n) is 3.54. The molecule has 0 bridgehead atoms. The molecule has 24 heavy (non-hydrogen) atoms. The Bertz CT molecular complexity index is 866. The van der Waals surface area contributed by atoms with Gasteiger partial charge in [0, 0.05) is 5.02 Å². The number of hydrogen-bond acceptors (Lipinski definition) is 5. The van der Waals surface area contributed by atoms with E-state index in [9.17, 15) is 18.3 Å². The molecule has 1 aliphatic rings. The first-order valence-corrected chi connectivity index (χ1v) is 8.94. The number of sulfonamides is 1. The molecular weight excluding hydrogens is 354 g/mol. The number of halogens is 1. The zero-order chi connectivity index (χ0) is 17.3. The number of ether oxygens (including phenoxy) is 1. The first-order valence-electron chi connectivity index (χ1n) is 7.12. The fraction of sp³-hybridized carbons (Fsp3) is 0.188. The Kier molecular flexibility index (Phi) is 4.49. The highest BCUT2D eigenvalue weighted by molar-refractivity contribution is 7.90. The average Bonchev–Trinajstić information content (AvgIpc) is 2.76. The van der Waals surface area contributed by atoms with Gasteiger partial charge in [0.25, 0.3) is 15.9 Å². The fourth-order valence-electron chi connectivity index (χ4n) is 2.38. The van der Waals surface area contributed by atoms with Gasteiger partial charge < -0.3 is 9.84 Å². The third-order valence-corrected chi connectivity index (χ3v) is 5.60. The van der Waals surface area contributed by atoms with E-state index in [1.54, 1.807) is 36.4 Å². The highest BCUT2D eigenvalue weighted by atomic mass is 35.5. The first kappa shape index (κ1) is 16.8. The average molecular weight is 368 g/mol. The quantitative estimate of drug-likeness (QED) is 0.872. The second-order valence-electron chi connectivity index (χ2n) is 5.26. The SMILES string of the molecule is O=C1c2ccccc2S(=O)(=O)N1C[C@@H](O)COc1ccc(Cl)cc1. The van der Waals surface area contributed by atoms with E-state index in [0.717, 1.165) is 0 Å². The topological polar surface area (TPSA) is 83.9 Å². The van der Waals surface area contributed by atoms with Gasteiger partial charge in [-0.15, -0.1) is 0 Å². The number of fused-ring (bicyclic) bond motifs is 1. The number of aliphatic hydroxyl groups excluding tert-OH is 1. The summed E-state index contributed by atoms with van der Waals surface area (Å²) in [6.45, 7) is -0.527. The molecule has 0 saturated heterocycles. The lowest BCUT2D eigenvalue weighted by Crippen LogP contribution is -2.39. The van der Waals surface area contributed by atoms with Crippen LogP contribution in [-0.4, -0.2) is 43.0 Å². The molecule has 2 aromatic rings. The molecule has 0 spiro atoms. The number of β-amino-alcohol motifs (C(OH)–C–C–N with tert-alkyl or cyclic N) is 1. The fourth-order valence-corrected chi connectivity index (χ4v) is 4.11. The van der Waals surface area contributed by atoms with Crippen molar-refractivity contribution in [3.05, 3.63) is 59.1 Å². The minimum Gasteiger partial charge on any atom is -0.491 e. The molecule has 0 aromatic heterocycles. The van der Waals surface area contributed by atoms with Crippen molar-refractivity contribution >= 4 is 27.5 Å². The minimum absolute atomic E-state index is 0.0409. The lowest BCUT2D eigenvalue weighted by Gasteiger charge is -2.19. The van der Waals surface area contributed by atoms with E-state index in [-0.39, 0.29) is 23.6 Å². The van der Waals surface area contributed by atoms with Gasteiger partial charge in [-0.3, -0.25) is 4.79 Å². The van der Waals surface area contributed by atoms with Crippen molar-refractivity contribution in [2.24, 2.45) is 0 Å². The second kappa shape index (κ2) is 6.43. The van der Waals surface area contributed by atoms with Gasteiger partial charge in [-0.05, 0) is 36.4 Å². The van der Waals surface area contributed by atoms with Crippen LogP contribution in [0.4, 0.5) is 0 Å². The number of carbonyl (C=O) groups excluding carboxylic acids is 1. The Morgan fingerprint density at radius 1 is 1.12 bits per heavy atom. The number of nitrogens with zero attached hydrogens (tertiary/aromatic N) is 1. The van der Waals surface area contributed by atoms with Crippen molar-refractivity contribution < 1.29 is 23.1 Å². The van der Waals surface area contributed by atoms with Crippen LogP contribution < -0.4 is 4.74 Å². The van der Waals surface area contributed by atoms with Gasteiger partial charge in [0.15, 0.2) is 0 Å². The second-order valence-corrected chi connectivity index (χ2v) is 7.52. The Morgan fingerprint density at radius 3 is 2.46 bits per heavy atom. The molecule has 1 aliphatic heterocycles. The Hall–Kier alpha value is -2.09. The monoisotopic (exact) mass is 367 g/mol. The summed E-state index contributed by atoms with van der Waals surface area (Å²) in [5.74, 6) is -0.159. The van der Waals surface area contributed by atoms with Crippen molar-refractivity contribution in [1.82, 2.24) is 4.31 Å². The van der Waals surface area contributed by atoms with E-state index in [1.165, 1.54) is 12.1 Å². The van der Waals surface area contributed by atoms with Crippen LogP contribution in [0, 0.1) is 0 Å². The normalized spacial score (nSPS) is 16.8. The molecule has 0 saturated carbocycles. The molecule has 1 amide bonds. The van der Waals surface area contributed by atoms with Crippen molar-refractivity contribution in [3.8, 4) is 5.75 Å². The van der Waals surface area contributed by atoms with E-state index in [2.05, 4.69) is 0 Å². The molecular formula is C16H14ClNO5S. The molecule has 1 atom stereocenters. The van der Waals surface area contributed by atoms with Gasteiger partial charge in [0.1, 0.15) is 23.4 Å². The Morgan fingerprint density at radius 2 is 1.79 bits per heavy atom. The predicted octanol–water partition coefficient (Wildman–Crippen LogP) is 1.92. The smallest absolute Gasteiger partial charge is 0.269 e. The summed E-state index contributed by atoms with van der Waals surface area (Å²) in [6, 6.07) is 12.5. The highest BCUT2D eigenvalue weighted by Gasteiger charge is 2.41. The molecule has 0 fully saturated rings. The zero-order valence-electron chi connectivity index (χ0n) is 12.4. The van der Waals surface area contributed by atoms with Gasteiger partial charge in [-0.2, -0.15) is 0 Å². The van der Waals surface area contributed by atoms with Crippen molar-refractivity contribution in [2.75, 3.05) is 13.2 Å². The number of benzene rings is 2. The van der Waals surface area contributed by atoms with Gasteiger partial charge in [0.2, 0.25) is 0 Å². The summed E-state index contributed by atoms with van der Waals surface area (Å²) < 4.78 is 30.8. The molecule has 1 heterocycles. The van der Waals surface area contributed by atoms with Gasteiger partial charge in [0.05, 0.1) is 12.1 Å². The van der Waals surface area contributed by atoms with E-state index in [1.807, 2.05) is 0 Å². The molecule has 126 valence electrons. The number of rotatable bonds is 5. The molecule has 8 heteroatoms. The maximum Gasteiger partial charge on any atom is 0.269 e. The van der Waals surface area contributed by atoms with Crippen LogP contribution >= 0.6 is 11.6 Å². The largest absolute Gasteiger partial charge is 0.491 e. The molecule has 1 N–H and O–H groups in total. The van der Waals surface area contributed by atoms with E-state index >= 15 is 0 Å². The van der Waals surface area contributed by atoms with Gasteiger partial charge >= 0.3 is 0 Å². The molecule has 0 unspecified atom stereocenters. The van der Waals surface area contributed by atoms with Crippen LogP contribution in [0.25, 0.3) is 0 Å². The number of amides is 1. The van der Waals surface area contributed by atoms with Crippen molar-refractivity contribution in [3.63, 3.8) is 0 Å². The van der Waals surface area contributed by atoms with E-state index in [4.69, 9.17) is 16.3 Å². The summed E-state index contributed by atoms with van der Waals surface area (Å²) >= 11 is 5.76. The summed E-state index contributed by atoms with van der Waals surface area (Å²) in [4.78, 5) is 12.2. The van der Waals surface area contributed by atoms with E-state index in [0.29, 0.717) is 15.1 Å². The maximum atomic E-state index is 12.4. The van der Waals surface area contributed by atoms with Crippen LogP contribution in [0.3, 0.4) is 0 Å². The molecule has 2 aromatic carbocycles. The molecule has 6 nitrogen and oxygen atoms in total. The van der Waals surface area contributed by atoms with Crippen LogP contribution in [-0.2, 0) is 10.0 Å². The standard InChI is InChI=1S/C16H14ClNO5S/c17-11-5-7-13(8-6-11)23-10-12(19)9-18-16(20)14-3-1-2-4-15(14)24(18,21)22/h1-8,12,19H,9-10H2/t12-/m1/s1. The zero-order valence-corrected chi connectivity index (χ0v) is 14.0. The third kappa shape index (κ3) is 3.10. The minimum atomic E-state index is -3.93. The molecule has 0 aliphatic carbocycles. The van der Waals surface area contributed by atoms with Gasteiger partial charge in [-0.1, -0.05) is 23.7 Å². The molecule has 0 radical (unpaired) electrons. The summed E-state index contributed by atoms with van der Waals surface area (Å²) in [5, 5.41) is 10.6. The summed E-state index contributed by atoms with van der Waals surface area (Å²) in [5.41, 5.74) is 0.114. The van der Waals surface area contributed by atoms with E-state index < -0.39 is 22.0 Å². The first-order chi connectivity index (χ1) is 11.4. The van der Waals surface area contributed by atoms with Crippen LogP contribution in [0.15, 0.2) is 53.4 Å². The Labute approximate surface area is 144 Å². The molecule has 3 rings (SSSR count). The van der Waals surface area contributed by atoms with Crippen molar-refractivity contribution in [1.29, 1.82) is 0 Å². The Balaban J connectivity index is 1.68. The maximum absolute atomic E-state index is 12.4. The van der Waals surface area contributed by atoms with Crippen LogP contribution in [0.1, 0.15) is 10.4 Å². The predicted molar refractivity (Wildman–Crippen MR) is 87.6 cm³/mol. The number of carbonyl (C=O) groups is 1. The number of aliphatic hydroxyl groups is 1. The van der Waals surface area contributed by atoms with Crippen molar-refractivity contribution in [2.45, 2.75) is 11.0 Å². The highest BCUT2D eigenvalue weighted by Crippen LogP contribution is 2.29. The lowest BCUT2D eigenvalue weighted by molar-refractivity contribution is 0.0687. The summed E-state index contributed by atoms with van der Waals surface area (Å²) in [6.07, 6.45) is -1.16. The lowest BCUT2D eigenvalue weighted by atomic mass is 10.2.